The molecule has 0 aromatic heterocycles. The van der Waals surface area contributed by atoms with Crippen molar-refractivity contribution in [2.24, 2.45) is 0 Å². The molecule has 2 nitrogen and oxygen atoms in total. The van der Waals surface area contributed by atoms with E-state index in [-0.39, 0.29) is 5.56 Å². The fraction of sp³-hybridized carbons (Fsp3) is 0.300. The van der Waals surface area contributed by atoms with E-state index in [0.29, 0.717) is 6.54 Å². The minimum atomic E-state index is -4.56. The van der Waals surface area contributed by atoms with Gasteiger partial charge in [0.25, 0.3) is 5.91 Å². The second kappa shape index (κ2) is 4.74. The number of nitrogens with one attached hydrogen (secondary N) is 1. The lowest BCUT2D eigenvalue weighted by Crippen LogP contribution is -2.23. The van der Waals surface area contributed by atoms with Crippen LogP contribution in [-0.4, -0.2) is 12.5 Å². The fourth-order valence-corrected chi connectivity index (χ4v) is 1.50. The van der Waals surface area contributed by atoms with E-state index in [1.165, 1.54) is 6.07 Å². The van der Waals surface area contributed by atoms with Gasteiger partial charge in [-0.3, -0.25) is 4.79 Å². The van der Waals surface area contributed by atoms with Crippen molar-refractivity contribution in [3.05, 3.63) is 34.3 Å². The summed E-state index contributed by atoms with van der Waals surface area (Å²) in [7, 11) is 0. The molecule has 0 radical (unpaired) electrons. The van der Waals surface area contributed by atoms with Crippen molar-refractivity contribution in [3.63, 3.8) is 0 Å². The first-order chi connectivity index (χ1) is 7.38. The Morgan fingerprint density at radius 1 is 1.44 bits per heavy atom. The number of halogens is 4. The molecule has 0 saturated carbocycles. The summed E-state index contributed by atoms with van der Waals surface area (Å²) < 4.78 is 37.4. The lowest BCUT2D eigenvalue weighted by molar-refractivity contribution is -0.137. The van der Waals surface area contributed by atoms with E-state index in [0.717, 1.165) is 12.1 Å². The highest BCUT2D eigenvalue weighted by Crippen LogP contribution is 2.36. The summed E-state index contributed by atoms with van der Waals surface area (Å²) >= 11 is 5.54. The van der Waals surface area contributed by atoms with Gasteiger partial charge in [-0.05, 0) is 19.1 Å². The van der Waals surface area contributed by atoms with Crippen LogP contribution < -0.4 is 5.32 Å². The van der Waals surface area contributed by atoms with Gasteiger partial charge in [-0.2, -0.15) is 13.2 Å². The van der Waals surface area contributed by atoms with Gasteiger partial charge in [-0.1, -0.05) is 17.7 Å². The number of carbonyl (C=O) groups excluding carboxylic acids is 1. The molecule has 0 aliphatic heterocycles. The van der Waals surface area contributed by atoms with Gasteiger partial charge in [0.1, 0.15) is 0 Å². The summed E-state index contributed by atoms with van der Waals surface area (Å²) in [6.07, 6.45) is -4.56. The molecule has 0 aliphatic rings. The first-order valence-electron chi connectivity index (χ1n) is 4.51. The van der Waals surface area contributed by atoms with E-state index < -0.39 is 22.7 Å². The average molecular weight is 252 g/mol. The maximum atomic E-state index is 12.5. The maximum Gasteiger partial charge on any atom is 0.417 e. The molecule has 0 unspecified atom stereocenters. The number of carbonyl (C=O) groups is 1. The summed E-state index contributed by atoms with van der Waals surface area (Å²) in [4.78, 5) is 11.4. The number of benzene rings is 1. The average Bonchev–Trinajstić information content (AvgIpc) is 2.16. The molecule has 0 atom stereocenters. The number of hydrogen-bond acceptors (Lipinski definition) is 1. The SMILES string of the molecule is CCNC(=O)c1cccc(C(F)(F)F)c1Cl. The molecule has 1 amide bonds. The molecular weight excluding hydrogens is 243 g/mol. The van der Waals surface area contributed by atoms with E-state index in [9.17, 15) is 18.0 Å². The fourth-order valence-electron chi connectivity index (χ4n) is 1.18. The van der Waals surface area contributed by atoms with Crippen LogP contribution in [0.1, 0.15) is 22.8 Å². The lowest BCUT2D eigenvalue weighted by Gasteiger charge is -2.11. The largest absolute Gasteiger partial charge is 0.417 e. The van der Waals surface area contributed by atoms with Gasteiger partial charge in [0, 0.05) is 6.54 Å². The Hall–Kier alpha value is -1.23. The third-order valence-electron chi connectivity index (χ3n) is 1.89. The van der Waals surface area contributed by atoms with Crippen LogP contribution >= 0.6 is 11.6 Å². The van der Waals surface area contributed by atoms with E-state index in [1.54, 1.807) is 6.92 Å². The van der Waals surface area contributed by atoms with Crippen LogP contribution in [0.3, 0.4) is 0 Å². The standard InChI is InChI=1S/C10H9ClF3NO/c1-2-15-9(16)6-4-3-5-7(8(6)11)10(12,13)14/h3-5H,2H2,1H3,(H,15,16). The molecule has 1 rings (SSSR count). The van der Waals surface area contributed by atoms with Crippen LogP contribution in [-0.2, 0) is 6.18 Å². The minimum Gasteiger partial charge on any atom is -0.352 e. The maximum absolute atomic E-state index is 12.5. The van der Waals surface area contributed by atoms with Gasteiger partial charge in [-0.25, -0.2) is 0 Å². The van der Waals surface area contributed by atoms with Crippen LogP contribution in [0.2, 0.25) is 5.02 Å². The molecule has 1 aromatic rings. The topological polar surface area (TPSA) is 29.1 Å². The lowest BCUT2D eigenvalue weighted by atomic mass is 10.1. The summed E-state index contributed by atoms with van der Waals surface area (Å²) in [6.45, 7) is 1.99. The van der Waals surface area contributed by atoms with Crippen molar-refractivity contribution < 1.29 is 18.0 Å². The van der Waals surface area contributed by atoms with Gasteiger partial charge in [-0.15, -0.1) is 0 Å². The van der Waals surface area contributed by atoms with Crippen molar-refractivity contribution in [2.75, 3.05) is 6.54 Å². The Balaban J connectivity index is 3.19. The van der Waals surface area contributed by atoms with Crippen molar-refractivity contribution in [1.82, 2.24) is 5.32 Å². The van der Waals surface area contributed by atoms with Crippen LogP contribution in [0.4, 0.5) is 13.2 Å². The summed E-state index contributed by atoms with van der Waals surface area (Å²) in [5, 5.41) is 1.82. The first-order valence-corrected chi connectivity index (χ1v) is 4.89. The number of hydrogen-bond donors (Lipinski definition) is 1. The van der Waals surface area contributed by atoms with Gasteiger partial charge in [0.05, 0.1) is 16.1 Å². The highest BCUT2D eigenvalue weighted by atomic mass is 35.5. The third kappa shape index (κ3) is 2.66. The zero-order valence-electron chi connectivity index (χ0n) is 8.36. The Kier molecular flexibility index (Phi) is 3.80. The van der Waals surface area contributed by atoms with E-state index in [2.05, 4.69) is 5.32 Å². The molecule has 0 fully saturated rings. The summed E-state index contributed by atoms with van der Waals surface area (Å²) in [5.41, 5.74) is -1.17. The molecule has 0 saturated heterocycles. The van der Waals surface area contributed by atoms with Crippen LogP contribution in [0, 0.1) is 0 Å². The van der Waals surface area contributed by atoms with Crippen molar-refractivity contribution >= 4 is 17.5 Å². The van der Waals surface area contributed by atoms with E-state index >= 15 is 0 Å². The van der Waals surface area contributed by atoms with Gasteiger partial charge in [0.15, 0.2) is 0 Å². The monoisotopic (exact) mass is 251 g/mol. The molecular formula is C10H9ClF3NO. The Morgan fingerprint density at radius 3 is 2.56 bits per heavy atom. The molecule has 88 valence electrons. The molecule has 16 heavy (non-hydrogen) atoms. The first kappa shape index (κ1) is 12.8. The normalized spacial score (nSPS) is 11.3. The van der Waals surface area contributed by atoms with Crippen molar-refractivity contribution in [1.29, 1.82) is 0 Å². The van der Waals surface area contributed by atoms with Gasteiger partial charge < -0.3 is 5.32 Å². The number of rotatable bonds is 2. The molecule has 0 bridgehead atoms. The van der Waals surface area contributed by atoms with Crippen LogP contribution in [0.25, 0.3) is 0 Å². The highest BCUT2D eigenvalue weighted by molar-refractivity contribution is 6.34. The smallest absolute Gasteiger partial charge is 0.352 e. The second-order valence-corrected chi connectivity index (χ2v) is 3.40. The molecule has 0 heterocycles. The molecule has 0 aliphatic carbocycles. The van der Waals surface area contributed by atoms with Gasteiger partial charge in [0.2, 0.25) is 0 Å². The van der Waals surface area contributed by atoms with Crippen LogP contribution in [0.5, 0.6) is 0 Å². The highest BCUT2D eigenvalue weighted by Gasteiger charge is 2.34. The van der Waals surface area contributed by atoms with Crippen LogP contribution in [0.15, 0.2) is 18.2 Å². The number of alkyl halides is 3. The van der Waals surface area contributed by atoms with Crippen molar-refractivity contribution in [2.45, 2.75) is 13.1 Å². The Labute approximate surface area is 95.4 Å². The minimum absolute atomic E-state index is 0.168. The molecule has 1 aromatic carbocycles. The van der Waals surface area contributed by atoms with E-state index in [4.69, 9.17) is 11.6 Å². The molecule has 1 N–H and O–H groups in total. The zero-order chi connectivity index (χ0) is 12.3. The summed E-state index contributed by atoms with van der Waals surface area (Å²) in [5.74, 6) is -0.612. The molecule has 0 spiro atoms. The van der Waals surface area contributed by atoms with E-state index in [1.807, 2.05) is 0 Å². The summed E-state index contributed by atoms with van der Waals surface area (Å²) in [6, 6.07) is 3.24. The van der Waals surface area contributed by atoms with Gasteiger partial charge >= 0.3 is 6.18 Å². The quantitative estimate of drug-likeness (QED) is 0.860. The Morgan fingerprint density at radius 2 is 2.06 bits per heavy atom. The van der Waals surface area contributed by atoms with Crippen molar-refractivity contribution in [3.8, 4) is 0 Å². The molecule has 6 heteroatoms. The predicted octanol–water partition coefficient (Wildman–Crippen LogP) is 3.11. The predicted molar refractivity (Wildman–Crippen MR) is 54.5 cm³/mol. The Bertz CT molecular complexity index is 404. The third-order valence-corrected chi connectivity index (χ3v) is 2.29. The zero-order valence-corrected chi connectivity index (χ0v) is 9.12. The number of amides is 1. The second-order valence-electron chi connectivity index (χ2n) is 3.02.